The molecule has 0 saturated carbocycles. The van der Waals surface area contributed by atoms with Crippen molar-refractivity contribution in [2.75, 3.05) is 18.6 Å². The molecule has 1 aromatic heterocycles. The Hall–Kier alpha value is -1.94. The van der Waals surface area contributed by atoms with E-state index < -0.39 is 32.7 Å². The van der Waals surface area contributed by atoms with E-state index in [-0.39, 0.29) is 0 Å². The molecule has 30 heavy (non-hydrogen) atoms. The zero-order valence-electron chi connectivity index (χ0n) is 16.4. The first-order valence-electron chi connectivity index (χ1n) is 9.41. The number of thioether (sulfide) groups is 1. The summed E-state index contributed by atoms with van der Waals surface area (Å²) in [7, 11) is -4.16. The summed E-state index contributed by atoms with van der Waals surface area (Å²) in [5.41, 5.74) is 1.14. The molecule has 0 radical (unpaired) electrons. The molecule has 3 aromatic rings. The third kappa shape index (κ3) is 5.60. The average Bonchev–Trinajstić information content (AvgIpc) is 3.14. The van der Waals surface area contributed by atoms with Crippen LogP contribution in [0.4, 0.5) is 4.39 Å². The van der Waals surface area contributed by atoms with E-state index in [0.29, 0.717) is 25.1 Å². The van der Waals surface area contributed by atoms with Gasteiger partial charge in [-0.1, -0.05) is 30.3 Å². The lowest BCUT2D eigenvalue weighted by molar-refractivity contribution is -0.122. The molecular formula is C21H23FN2O3S3. The van der Waals surface area contributed by atoms with Gasteiger partial charge in [0.2, 0.25) is 15.9 Å². The molecule has 1 unspecified atom stereocenters. The van der Waals surface area contributed by atoms with Gasteiger partial charge >= 0.3 is 0 Å². The average molecular weight is 467 g/mol. The smallest absolute Gasteiger partial charge is 0.244 e. The normalized spacial score (nSPS) is 12.7. The molecular weight excluding hydrogens is 443 g/mol. The lowest BCUT2D eigenvalue weighted by Gasteiger charge is -2.18. The second-order valence-corrected chi connectivity index (χ2v) is 10.3. The molecule has 0 bridgehead atoms. The summed E-state index contributed by atoms with van der Waals surface area (Å²) in [4.78, 5) is 12.2. The third-order valence-electron chi connectivity index (χ3n) is 4.61. The van der Waals surface area contributed by atoms with Crippen molar-refractivity contribution >= 4 is 49.1 Å². The van der Waals surface area contributed by atoms with Gasteiger partial charge in [0.25, 0.3) is 0 Å². The maximum absolute atomic E-state index is 14.0. The first-order valence-corrected chi connectivity index (χ1v) is 13.2. The number of halogens is 1. The Kier molecular flexibility index (Phi) is 7.87. The molecule has 0 aliphatic heterocycles. The minimum absolute atomic E-state index is 0.308. The number of rotatable bonds is 10. The molecule has 0 spiro atoms. The van der Waals surface area contributed by atoms with Crippen LogP contribution >= 0.6 is 23.1 Å². The number of hydrogen-bond acceptors (Lipinski definition) is 5. The molecule has 0 aliphatic rings. The van der Waals surface area contributed by atoms with Gasteiger partial charge in [-0.3, -0.25) is 4.79 Å². The van der Waals surface area contributed by atoms with Gasteiger partial charge in [-0.2, -0.15) is 16.5 Å². The summed E-state index contributed by atoms with van der Waals surface area (Å²) in [6.07, 6.45) is 2.83. The number of carbonyl (C=O) groups excluding carboxylic acids is 1. The maximum atomic E-state index is 14.0. The van der Waals surface area contributed by atoms with Gasteiger partial charge in [0, 0.05) is 11.2 Å². The van der Waals surface area contributed by atoms with E-state index in [1.54, 1.807) is 11.3 Å². The van der Waals surface area contributed by atoms with Gasteiger partial charge in [-0.25, -0.2) is 12.8 Å². The van der Waals surface area contributed by atoms with Crippen molar-refractivity contribution in [1.82, 2.24) is 10.0 Å². The number of fused-ring (bicyclic) bond motifs is 1. The van der Waals surface area contributed by atoms with E-state index in [2.05, 4.69) is 21.5 Å². The minimum atomic E-state index is -4.16. The summed E-state index contributed by atoms with van der Waals surface area (Å²) in [5, 5.41) is 6.05. The summed E-state index contributed by atoms with van der Waals surface area (Å²) in [5.74, 6) is -0.672. The highest BCUT2D eigenvalue weighted by Crippen LogP contribution is 2.25. The van der Waals surface area contributed by atoms with E-state index >= 15 is 0 Å². The molecule has 1 atom stereocenters. The van der Waals surface area contributed by atoms with Crippen LogP contribution in [0.25, 0.3) is 10.1 Å². The van der Waals surface area contributed by atoms with Crippen LogP contribution in [0.5, 0.6) is 0 Å². The van der Waals surface area contributed by atoms with Crippen molar-refractivity contribution in [3.63, 3.8) is 0 Å². The number of carbonyl (C=O) groups is 1. The van der Waals surface area contributed by atoms with E-state index in [1.165, 1.54) is 34.7 Å². The van der Waals surface area contributed by atoms with Crippen molar-refractivity contribution in [2.45, 2.75) is 23.8 Å². The number of benzene rings is 2. The SMILES string of the molecule is CSCCC(NS(=O)(=O)c1ccccc1F)C(=O)NCCc1csc2ccccc12. The maximum Gasteiger partial charge on any atom is 0.244 e. The Bertz CT molecular complexity index is 1120. The molecule has 0 fully saturated rings. The van der Waals surface area contributed by atoms with Gasteiger partial charge < -0.3 is 5.32 Å². The predicted octanol–water partition coefficient (Wildman–Crippen LogP) is 3.80. The minimum Gasteiger partial charge on any atom is -0.354 e. The fraction of sp³-hybridized carbons (Fsp3) is 0.286. The third-order valence-corrected chi connectivity index (χ3v) is 7.77. The molecule has 2 aromatic carbocycles. The van der Waals surface area contributed by atoms with Crippen LogP contribution in [-0.2, 0) is 21.2 Å². The summed E-state index contributed by atoms with van der Waals surface area (Å²) >= 11 is 3.16. The van der Waals surface area contributed by atoms with Crippen LogP contribution in [0.3, 0.4) is 0 Å². The topological polar surface area (TPSA) is 75.3 Å². The molecule has 5 nitrogen and oxygen atoms in total. The number of sulfonamides is 1. The monoisotopic (exact) mass is 466 g/mol. The van der Waals surface area contributed by atoms with Crippen molar-refractivity contribution in [3.8, 4) is 0 Å². The van der Waals surface area contributed by atoms with Gasteiger partial charge in [0.15, 0.2) is 0 Å². The van der Waals surface area contributed by atoms with Crippen molar-refractivity contribution in [2.24, 2.45) is 0 Å². The van der Waals surface area contributed by atoms with E-state index in [1.807, 2.05) is 24.5 Å². The quantitative estimate of drug-likeness (QED) is 0.477. The molecule has 1 heterocycles. The lowest BCUT2D eigenvalue weighted by Crippen LogP contribution is -2.47. The molecule has 160 valence electrons. The van der Waals surface area contributed by atoms with Crippen LogP contribution in [0, 0.1) is 5.82 Å². The molecule has 2 N–H and O–H groups in total. The van der Waals surface area contributed by atoms with Crippen LogP contribution < -0.4 is 10.0 Å². The summed E-state index contributed by atoms with van der Waals surface area (Å²) in [6.45, 7) is 0.386. The first-order chi connectivity index (χ1) is 14.4. The van der Waals surface area contributed by atoms with E-state index in [0.717, 1.165) is 17.0 Å². The number of hydrogen-bond donors (Lipinski definition) is 2. The second-order valence-electron chi connectivity index (χ2n) is 6.68. The molecule has 9 heteroatoms. The molecule has 0 aliphatic carbocycles. The lowest BCUT2D eigenvalue weighted by atomic mass is 10.1. The highest BCUT2D eigenvalue weighted by molar-refractivity contribution is 7.98. The Labute approximate surface area is 184 Å². The Morgan fingerprint density at radius 2 is 1.90 bits per heavy atom. The molecule has 0 saturated heterocycles. The van der Waals surface area contributed by atoms with Crippen LogP contribution in [0.15, 0.2) is 58.8 Å². The van der Waals surface area contributed by atoms with E-state index in [9.17, 15) is 17.6 Å². The van der Waals surface area contributed by atoms with Crippen molar-refractivity contribution < 1.29 is 17.6 Å². The molecule has 3 rings (SSSR count). The number of nitrogens with one attached hydrogen (secondary N) is 2. The standard InChI is InChI=1S/C21H23FN2O3S3/c1-28-13-11-18(24-30(26,27)20-9-5-3-7-17(20)22)21(25)23-12-10-15-14-29-19-8-4-2-6-16(15)19/h2-9,14,18,24H,10-13H2,1H3,(H,23,25). The molecule has 1 amide bonds. The fourth-order valence-corrected chi connectivity index (χ4v) is 5.84. The zero-order chi connectivity index (χ0) is 21.6. The Morgan fingerprint density at radius 1 is 1.17 bits per heavy atom. The fourth-order valence-electron chi connectivity index (χ4n) is 3.06. The summed E-state index contributed by atoms with van der Waals surface area (Å²) in [6, 6.07) is 12.2. The second kappa shape index (κ2) is 10.4. The number of thiophene rings is 1. The number of amides is 1. The van der Waals surface area contributed by atoms with Gasteiger partial charge in [0.1, 0.15) is 16.8 Å². The van der Waals surface area contributed by atoms with E-state index in [4.69, 9.17) is 0 Å². The summed E-state index contributed by atoms with van der Waals surface area (Å²) < 4.78 is 42.7. The highest BCUT2D eigenvalue weighted by atomic mass is 32.2. The first kappa shape index (κ1) is 22.7. The predicted molar refractivity (Wildman–Crippen MR) is 122 cm³/mol. The van der Waals surface area contributed by atoms with Gasteiger partial charge in [-0.15, -0.1) is 11.3 Å². The van der Waals surface area contributed by atoms with Crippen LogP contribution in [0.2, 0.25) is 0 Å². The van der Waals surface area contributed by atoms with Crippen LogP contribution in [-0.4, -0.2) is 38.9 Å². The Morgan fingerprint density at radius 3 is 2.67 bits per heavy atom. The van der Waals surface area contributed by atoms with Gasteiger partial charge in [-0.05, 0) is 59.4 Å². The van der Waals surface area contributed by atoms with Crippen molar-refractivity contribution in [3.05, 3.63) is 65.3 Å². The van der Waals surface area contributed by atoms with Crippen molar-refractivity contribution in [1.29, 1.82) is 0 Å². The zero-order valence-corrected chi connectivity index (χ0v) is 18.9. The van der Waals surface area contributed by atoms with Crippen LogP contribution in [0.1, 0.15) is 12.0 Å². The van der Waals surface area contributed by atoms with Gasteiger partial charge in [0.05, 0.1) is 0 Å². The highest BCUT2D eigenvalue weighted by Gasteiger charge is 2.27. The Balaban J connectivity index is 1.65. The largest absolute Gasteiger partial charge is 0.354 e.